The minimum absolute atomic E-state index is 0.280. The average Bonchev–Trinajstić information content (AvgIpc) is 2.38. The lowest BCUT2D eigenvalue weighted by Gasteiger charge is -2.34. The van der Waals surface area contributed by atoms with Crippen molar-refractivity contribution in [2.75, 3.05) is 19.7 Å². The minimum atomic E-state index is 0.280. The Morgan fingerprint density at radius 2 is 2.12 bits per heavy atom. The molecule has 0 radical (unpaired) electrons. The molecule has 2 nitrogen and oxygen atoms in total. The largest absolute Gasteiger partial charge is 0.395 e. The highest BCUT2D eigenvalue weighted by Crippen LogP contribution is 2.19. The number of aliphatic hydroxyl groups is 1. The van der Waals surface area contributed by atoms with Crippen LogP contribution < -0.4 is 0 Å². The van der Waals surface area contributed by atoms with Gasteiger partial charge in [0.1, 0.15) is 0 Å². The van der Waals surface area contributed by atoms with Crippen LogP contribution in [0.3, 0.4) is 0 Å². The normalized spacial score (nSPS) is 21.6. The molecule has 0 spiro atoms. The molecule has 94 valence electrons. The number of nitrogens with zero attached hydrogens (tertiary/aromatic N) is 1. The molecular weight excluding hydrogens is 234 g/mol. The van der Waals surface area contributed by atoms with E-state index in [9.17, 15) is 5.11 Å². The van der Waals surface area contributed by atoms with E-state index in [1.165, 1.54) is 18.4 Å². The fraction of sp³-hybridized carbons (Fsp3) is 0.571. The highest BCUT2D eigenvalue weighted by Gasteiger charge is 2.21. The summed E-state index contributed by atoms with van der Waals surface area (Å²) in [7, 11) is 0. The van der Waals surface area contributed by atoms with Crippen LogP contribution in [0.15, 0.2) is 24.3 Å². The van der Waals surface area contributed by atoms with Crippen LogP contribution in [0.2, 0.25) is 5.02 Å². The molecule has 1 aliphatic heterocycles. The average molecular weight is 254 g/mol. The van der Waals surface area contributed by atoms with Crippen LogP contribution in [-0.2, 0) is 6.42 Å². The van der Waals surface area contributed by atoms with Crippen LogP contribution in [-0.4, -0.2) is 35.7 Å². The Balaban J connectivity index is 1.90. The van der Waals surface area contributed by atoms with E-state index in [0.717, 1.165) is 31.0 Å². The van der Waals surface area contributed by atoms with Crippen molar-refractivity contribution in [3.05, 3.63) is 34.9 Å². The van der Waals surface area contributed by atoms with Crippen LogP contribution in [0.4, 0.5) is 0 Å². The molecule has 1 unspecified atom stereocenters. The van der Waals surface area contributed by atoms with Gasteiger partial charge in [-0.15, -0.1) is 0 Å². The van der Waals surface area contributed by atoms with Crippen molar-refractivity contribution in [3.8, 4) is 0 Å². The van der Waals surface area contributed by atoms with Crippen LogP contribution in [0, 0.1) is 0 Å². The Hall–Kier alpha value is -0.570. The van der Waals surface area contributed by atoms with E-state index >= 15 is 0 Å². The summed E-state index contributed by atoms with van der Waals surface area (Å²) in [6.07, 6.45) is 4.59. The molecule has 1 aromatic carbocycles. The number of benzene rings is 1. The first-order valence-electron chi connectivity index (χ1n) is 6.39. The van der Waals surface area contributed by atoms with Crippen molar-refractivity contribution in [2.24, 2.45) is 0 Å². The van der Waals surface area contributed by atoms with Crippen LogP contribution in [0.1, 0.15) is 24.8 Å². The molecular formula is C14H20ClNO. The summed E-state index contributed by atoms with van der Waals surface area (Å²) in [4.78, 5) is 2.40. The van der Waals surface area contributed by atoms with Crippen LogP contribution in [0.25, 0.3) is 0 Å². The molecule has 1 heterocycles. The monoisotopic (exact) mass is 253 g/mol. The van der Waals surface area contributed by atoms with Gasteiger partial charge in [-0.25, -0.2) is 0 Å². The molecule has 1 N–H and O–H groups in total. The Morgan fingerprint density at radius 1 is 1.29 bits per heavy atom. The maximum absolute atomic E-state index is 9.35. The number of aliphatic hydroxyl groups excluding tert-OH is 1. The molecule has 0 saturated carbocycles. The molecule has 1 aliphatic rings. The van der Waals surface area contributed by atoms with Crippen molar-refractivity contribution >= 4 is 11.6 Å². The van der Waals surface area contributed by atoms with Crippen molar-refractivity contribution < 1.29 is 5.11 Å². The van der Waals surface area contributed by atoms with Crippen LogP contribution in [0.5, 0.6) is 0 Å². The third kappa shape index (κ3) is 3.44. The van der Waals surface area contributed by atoms with E-state index in [-0.39, 0.29) is 6.61 Å². The molecule has 0 aromatic heterocycles. The second kappa shape index (κ2) is 6.39. The maximum Gasteiger partial charge on any atom is 0.0586 e. The van der Waals surface area contributed by atoms with Gasteiger partial charge in [-0.1, -0.05) is 36.2 Å². The number of likely N-dealkylation sites (tertiary alicyclic amines) is 1. The van der Waals surface area contributed by atoms with E-state index in [4.69, 9.17) is 11.6 Å². The lowest BCUT2D eigenvalue weighted by atomic mass is 10.0. The van der Waals surface area contributed by atoms with Gasteiger partial charge in [0, 0.05) is 17.6 Å². The zero-order chi connectivity index (χ0) is 12.1. The van der Waals surface area contributed by atoms with Gasteiger partial charge in [-0.2, -0.15) is 0 Å². The second-order valence-electron chi connectivity index (χ2n) is 4.71. The van der Waals surface area contributed by atoms with Gasteiger partial charge in [-0.3, -0.25) is 4.90 Å². The van der Waals surface area contributed by atoms with Gasteiger partial charge in [0.25, 0.3) is 0 Å². The Kier molecular flexibility index (Phi) is 4.84. The van der Waals surface area contributed by atoms with Crippen molar-refractivity contribution in [1.82, 2.24) is 4.90 Å². The topological polar surface area (TPSA) is 23.5 Å². The molecule has 1 atom stereocenters. The van der Waals surface area contributed by atoms with E-state index < -0.39 is 0 Å². The zero-order valence-electron chi connectivity index (χ0n) is 10.1. The summed E-state index contributed by atoms with van der Waals surface area (Å²) in [5.41, 5.74) is 1.21. The number of rotatable bonds is 4. The summed E-state index contributed by atoms with van der Waals surface area (Å²) in [5.74, 6) is 0. The predicted octanol–water partition coefficient (Wildman–Crippen LogP) is 2.73. The number of halogens is 1. The molecule has 0 bridgehead atoms. The molecule has 2 rings (SSSR count). The first kappa shape index (κ1) is 12.9. The van der Waals surface area contributed by atoms with Crippen molar-refractivity contribution in [1.29, 1.82) is 0 Å². The molecule has 1 aromatic rings. The highest BCUT2D eigenvalue weighted by atomic mass is 35.5. The zero-order valence-corrected chi connectivity index (χ0v) is 10.9. The number of hydrogen-bond donors (Lipinski definition) is 1. The lowest BCUT2D eigenvalue weighted by molar-refractivity contribution is 0.0913. The molecule has 1 saturated heterocycles. The van der Waals surface area contributed by atoms with E-state index in [1.54, 1.807) is 0 Å². The van der Waals surface area contributed by atoms with E-state index in [0.29, 0.717) is 6.04 Å². The van der Waals surface area contributed by atoms with Gasteiger partial charge in [-0.05, 0) is 37.4 Å². The molecule has 17 heavy (non-hydrogen) atoms. The van der Waals surface area contributed by atoms with Gasteiger partial charge < -0.3 is 5.11 Å². The summed E-state index contributed by atoms with van der Waals surface area (Å²) >= 11 is 6.14. The van der Waals surface area contributed by atoms with Crippen molar-refractivity contribution in [3.63, 3.8) is 0 Å². The molecule has 1 fully saturated rings. The van der Waals surface area contributed by atoms with E-state index in [1.807, 2.05) is 18.2 Å². The number of piperidine rings is 1. The summed E-state index contributed by atoms with van der Waals surface area (Å²) in [6.45, 7) is 2.38. The summed E-state index contributed by atoms with van der Waals surface area (Å²) in [5, 5.41) is 10.2. The molecule has 0 amide bonds. The summed E-state index contributed by atoms with van der Waals surface area (Å²) < 4.78 is 0. The van der Waals surface area contributed by atoms with E-state index in [2.05, 4.69) is 11.0 Å². The second-order valence-corrected chi connectivity index (χ2v) is 5.12. The lowest BCUT2D eigenvalue weighted by Crippen LogP contribution is -2.42. The summed E-state index contributed by atoms with van der Waals surface area (Å²) in [6, 6.07) is 8.37. The van der Waals surface area contributed by atoms with Gasteiger partial charge in [0.2, 0.25) is 0 Å². The molecule has 0 aliphatic carbocycles. The minimum Gasteiger partial charge on any atom is -0.395 e. The quantitative estimate of drug-likeness (QED) is 0.892. The third-order valence-corrected chi connectivity index (χ3v) is 3.95. The Bertz CT molecular complexity index is 356. The standard InChI is InChI=1S/C14H20ClNO/c15-14-7-2-1-5-12(14)8-10-16-9-4-3-6-13(16)11-17/h1-2,5,7,13,17H,3-4,6,8-11H2. The van der Waals surface area contributed by atoms with Gasteiger partial charge >= 0.3 is 0 Å². The number of hydrogen-bond acceptors (Lipinski definition) is 2. The third-order valence-electron chi connectivity index (χ3n) is 3.59. The first-order valence-corrected chi connectivity index (χ1v) is 6.77. The fourth-order valence-electron chi connectivity index (χ4n) is 2.53. The Morgan fingerprint density at radius 3 is 2.88 bits per heavy atom. The first-order chi connectivity index (χ1) is 8.31. The van der Waals surface area contributed by atoms with Crippen LogP contribution >= 0.6 is 11.6 Å². The highest BCUT2D eigenvalue weighted by molar-refractivity contribution is 6.31. The smallest absolute Gasteiger partial charge is 0.0586 e. The SMILES string of the molecule is OCC1CCCCN1CCc1ccccc1Cl. The predicted molar refractivity (Wildman–Crippen MR) is 71.5 cm³/mol. The van der Waals surface area contributed by atoms with Gasteiger partial charge in [0.15, 0.2) is 0 Å². The maximum atomic E-state index is 9.35. The van der Waals surface area contributed by atoms with Gasteiger partial charge in [0.05, 0.1) is 6.61 Å². The Labute approximate surface area is 108 Å². The molecule has 3 heteroatoms. The van der Waals surface area contributed by atoms with Crippen molar-refractivity contribution in [2.45, 2.75) is 31.7 Å². The fourth-order valence-corrected chi connectivity index (χ4v) is 2.76.